The third kappa shape index (κ3) is 2.23. The fourth-order valence-electron chi connectivity index (χ4n) is 3.00. The summed E-state index contributed by atoms with van der Waals surface area (Å²) in [5.41, 5.74) is 3.55. The van der Waals surface area contributed by atoms with Gasteiger partial charge in [-0.2, -0.15) is 0 Å². The summed E-state index contributed by atoms with van der Waals surface area (Å²) in [7, 11) is 0. The van der Waals surface area contributed by atoms with Gasteiger partial charge in [-0.3, -0.25) is 9.59 Å². The third-order valence-corrected chi connectivity index (χ3v) is 4.68. The van der Waals surface area contributed by atoms with Gasteiger partial charge < -0.3 is 4.74 Å². The Morgan fingerprint density at radius 2 is 2.10 bits per heavy atom. The molecule has 0 fully saturated rings. The Labute approximate surface area is 123 Å². The van der Waals surface area contributed by atoms with Gasteiger partial charge in [-0.1, -0.05) is 19.1 Å². The molecule has 4 heteroatoms. The van der Waals surface area contributed by atoms with Crippen molar-refractivity contribution in [3.8, 4) is 0 Å². The fraction of sp³-hybridized carbons (Fsp3) is 0.438. The largest absolute Gasteiger partial charge is 0.368 e. The smallest absolute Gasteiger partial charge is 0.189 e. The average Bonchev–Trinajstić information content (AvgIpc) is 2.46. The molecule has 0 amide bonds. The molecule has 2 aliphatic carbocycles. The number of rotatable bonds is 2. The van der Waals surface area contributed by atoms with Gasteiger partial charge in [0, 0.05) is 28.9 Å². The second kappa shape index (κ2) is 5.19. The summed E-state index contributed by atoms with van der Waals surface area (Å²) >= 11 is 5.31. The molecule has 1 unspecified atom stereocenters. The average molecular weight is 288 g/mol. The second-order valence-corrected chi connectivity index (χ2v) is 5.93. The molecule has 0 aromatic carbocycles. The molecule has 20 heavy (non-hydrogen) atoms. The molecule has 3 aliphatic rings. The molecule has 3 rings (SSSR count). The number of ether oxygens (including phenoxy) is 1. The first-order valence-electron chi connectivity index (χ1n) is 6.93. The highest BCUT2D eigenvalue weighted by molar-refractivity contribution is 7.80. The van der Waals surface area contributed by atoms with Crippen molar-refractivity contribution in [2.24, 2.45) is 0 Å². The number of ketones is 2. The van der Waals surface area contributed by atoms with Gasteiger partial charge in [0.05, 0.1) is 12.7 Å². The zero-order valence-electron chi connectivity index (χ0n) is 11.4. The van der Waals surface area contributed by atoms with E-state index >= 15 is 0 Å². The molecular formula is C16H16O3S. The lowest BCUT2D eigenvalue weighted by Crippen LogP contribution is -2.33. The Bertz CT molecular complexity index is 607. The zero-order chi connectivity index (χ0) is 14.3. The maximum Gasteiger partial charge on any atom is 0.189 e. The van der Waals surface area contributed by atoms with Crippen molar-refractivity contribution in [2.75, 3.05) is 6.61 Å². The number of thiocarbonyl (C=S) groups is 1. The minimum absolute atomic E-state index is 0.0669. The standard InChI is InChI=1S/C16H16O3S/c1-2-15(20)14-7-13-10(8-19-14)5-9-6-11(17)3-4-12(9)16(13)18/h3-4,14H,2,5-8H2,1H3. The van der Waals surface area contributed by atoms with Gasteiger partial charge in [0.25, 0.3) is 0 Å². The summed E-state index contributed by atoms with van der Waals surface area (Å²) in [6, 6.07) is 0. The molecule has 104 valence electrons. The molecule has 3 nitrogen and oxygen atoms in total. The molecule has 0 saturated heterocycles. The Balaban J connectivity index is 1.87. The van der Waals surface area contributed by atoms with Crippen molar-refractivity contribution < 1.29 is 14.3 Å². The Kier molecular flexibility index (Phi) is 3.52. The third-order valence-electron chi connectivity index (χ3n) is 4.13. The number of Topliss-reactive ketones (excluding diaryl/α,β-unsaturated/α-hetero) is 1. The zero-order valence-corrected chi connectivity index (χ0v) is 12.2. The Morgan fingerprint density at radius 3 is 2.85 bits per heavy atom. The van der Waals surface area contributed by atoms with Crippen LogP contribution in [0.4, 0.5) is 0 Å². The predicted molar refractivity (Wildman–Crippen MR) is 79.7 cm³/mol. The topological polar surface area (TPSA) is 43.4 Å². The molecular weight excluding hydrogens is 272 g/mol. The lowest BCUT2D eigenvalue weighted by molar-refractivity contribution is -0.114. The maximum absolute atomic E-state index is 12.6. The summed E-state index contributed by atoms with van der Waals surface area (Å²) in [5, 5.41) is 0. The minimum atomic E-state index is -0.117. The van der Waals surface area contributed by atoms with Crippen molar-refractivity contribution in [3.63, 3.8) is 0 Å². The van der Waals surface area contributed by atoms with Crippen LogP contribution in [-0.2, 0) is 14.3 Å². The number of allylic oxidation sites excluding steroid dienone is 4. The van der Waals surface area contributed by atoms with Crippen molar-refractivity contribution in [3.05, 3.63) is 34.4 Å². The van der Waals surface area contributed by atoms with Crippen LogP contribution < -0.4 is 0 Å². The quantitative estimate of drug-likeness (QED) is 0.733. The Hall–Kier alpha value is -1.39. The highest BCUT2D eigenvalue weighted by Crippen LogP contribution is 2.37. The van der Waals surface area contributed by atoms with Gasteiger partial charge in [-0.05, 0) is 36.1 Å². The molecule has 0 radical (unpaired) electrons. The normalized spacial score (nSPS) is 25.8. The molecule has 0 N–H and O–H groups in total. The van der Waals surface area contributed by atoms with Crippen LogP contribution in [0.3, 0.4) is 0 Å². The first-order chi connectivity index (χ1) is 9.60. The highest BCUT2D eigenvalue weighted by Gasteiger charge is 2.34. The maximum atomic E-state index is 12.6. The van der Waals surface area contributed by atoms with Crippen LogP contribution in [0.15, 0.2) is 34.4 Å². The van der Waals surface area contributed by atoms with Crippen molar-refractivity contribution in [1.29, 1.82) is 0 Å². The number of carbonyl (C=O) groups excluding carboxylic acids is 2. The van der Waals surface area contributed by atoms with Crippen LogP contribution in [0.2, 0.25) is 0 Å². The van der Waals surface area contributed by atoms with Crippen LogP contribution in [0.25, 0.3) is 0 Å². The molecule has 1 aliphatic heterocycles. The van der Waals surface area contributed by atoms with Crippen LogP contribution in [0.1, 0.15) is 32.6 Å². The molecule has 0 aromatic heterocycles. The lowest BCUT2D eigenvalue weighted by Gasteiger charge is -2.32. The van der Waals surface area contributed by atoms with E-state index in [2.05, 4.69) is 0 Å². The van der Waals surface area contributed by atoms with E-state index in [4.69, 9.17) is 17.0 Å². The SMILES string of the molecule is CCC(=S)C1CC2=C(CO1)CC1=C(C=CC(=O)C1)C2=O. The number of carbonyl (C=O) groups is 2. The first-order valence-corrected chi connectivity index (χ1v) is 7.33. The Morgan fingerprint density at radius 1 is 1.30 bits per heavy atom. The van der Waals surface area contributed by atoms with E-state index in [0.29, 0.717) is 31.4 Å². The van der Waals surface area contributed by atoms with E-state index in [0.717, 1.165) is 28.0 Å². The summed E-state index contributed by atoms with van der Waals surface area (Å²) in [5.74, 6) is 0.138. The molecule has 1 heterocycles. The van der Waals surface area contributed by atoms with Gasteiger partial charge in [-0.15, -0.1) is 0 Å². The van der Waals surface area contributed by atoms with Gasteiger partial charge in [0.1, 0.15) is 0 Å². The van der Waals surface area contributed by atoms with E-state index in [1.165, 1.54) is 6.08 Å². The molecule has 0 aromatic rings. The molecule has 1 atom stereocenters. The summed E-state index contributed by atoms with van der Waals surface area (Å²) in [6.45, 7) is 2.47. The van der Waals surface area contributed by atoms with Crippen LogP contribution in [0, 0.1) is 0 Å². The van der Waals surface area contributed by atoms with E-state index in [-0.39, 0.29) is 17.7 Å². The van der Waals surface area contributed by atoms with Gasteiger partial charge in [0.15, 0.2) is 11.6 Å². The number of hydrogen-bond acceptors (Lipinski definition) is 4. The fourth-order valence-corrected chi connectivity index (χ4v) is 3.15. The second-order valence-electron chi connectivity index (χ2n) is 5.41. The van der Waals surface area contributed by atoms with E-state index in [1.807, 2.05) is 6.92 Å². The van der Waals surface area contributed by atoms with E-state index in [9.17, 15) is 9.59 Å². The van der Waals surface area contributed by atoms with Crippen molar-refractivity contribution in [1.82, 2.24) is 0 Å². The van der Waals surface area contributed by atoms with Crippen molar-refractivity contribution >= 4 is 28.6 Å². The van der Waals surface area contributed by atoms with Gasteiger partial charge in [0.2, 0.25) is 0 Å². The number of hydrogen-bond donors (Lipinski definition) is 0. The van der Waals surface area contributed by atoms with Crippen LogP contribution in [-0.4, -0.2) is 29.1 Å². The molecule has 0 bridgehead atoms. The van der Waals surface area contributed by atoms with Crippen LogP contribution in [0.5, 0.6) is 0 Å². The highest BCUT2D eigenvalue weighted by atomic mass is 32.1. The predicted octanol–water partition coefficient (Wildman–Crippen LogP) is 2.65. The first kappa shape index (κ1) is 13.6. The molecule has 0 spiro atoms. The minimum Gasteiger partial charge on any atom is -0.368 e. The summed E-state index contributed by atoms with van der Waals surface area (Å²) < 4.78 is 5.78. The van der Waals surface area contributed by atoms with Crippen LogP contribution >= 0.6 is 12.2 Å². The van der Waals surface area contributed by atoms with Crippen molar-refractivity contribution in [2.45, 2.75) is 38.7 Å². The van der Waals surface area contributed by atoms with Gasteiger partial charge in [-0.25, -0.2) is 0 Å². The monoisotopic (exact) mass is 288 g/mol. The van der Waals surface area contributed by atoms with Gasteiger partial charge >= 0.3 is 0 Å². The summed E-state index contributed by atoms with van der Waals surface area (Å²) in [4.78, 5) is 24.9. The molecule has 0 saturated carbocycles. The lowest BCUT2D eigenvalue weighted by atomic mass is 9.78. The van der Waals surface area contributed by atoms with E-state index < -0.39 is 0 Å². The summed E-state index contributed by atoms with van der Waals surface area (Å²) in [6.07, 6.45) is 5.50. The van der Waals surface area contributed by atoms with E-state index in [1.54, 1.807) is 6.08 Å².